The number of rotatable bonds is 5. The van der Waals surface area contributed by atoms with Gasteiger partial charge >= 0.3 is 0 Å². The summed E-state index contributed by atoms with van der Waals surface area (Å²) in [6.07, 6.45) is 5.10. The largest absolute Gasteiger partial charge is 0.484 e. The topological polar surface area (TPSA) is 63.7 Å². The molecule has 2 aromatic rings. The number of aromatic nitrogens is 1. The third-order valence-electron chi connectivity index (χ3n) is 4.92. The lowest BCUT2D eigenvalue weighted by atomic mass is 10.1. The van der Waals surface area contributed by atoms with Crippen LogP contribution in [-0.4, -0.2) is 47.6 Å². The number of fused-ring (bicyclic) bond motifs is 2. The van der Waals surface area contributed by atoms with Gasteiger partial charge in [0.05, 0.1) is 0 Å². The van der Waals surface area contributed by atoms with Crippen molar-refractivity contribution in [2.45, 2.75) is 31.3 Å². The Labute approximate surface area is 153 Å². The molecule has 1 N–H and O–H groups in total. The van der Waals surface area contributed by atoms with Gasteiger partial charge in [-0.2, -0.15) is 0 Å². The van der Waals surface area contributed by atoms with E-state index >= 15 is 0 Å². The van der Waals surface area contributed by atoms with Crippen LogP contribution in [0.1, 0.15) is 19.3 Å². The maximum Gasteiger partial charge on any atom is 0.260 e. The number of likely N-dealkylation sites (tertiary alicyclic amines) is 1. The lowest BCUT2D eigenvalue weighted by Crippen LogP contribution is -2.41. The first-order chi connectivity index (χ1) is 12.8. The number of hydrogen-bond donors (Lipinski definition) is 1. The van der Waals surface area contributed by atoms with Crippen LogP contribution in [0.2, 0.25) is 0 Å². The van der Waals surface area contributed by atoms with Crippen molar-refractivity contribution < 1.29 is 14.3 Å². The van der Waals surface area contributed by atoms with Crippen LogP contribution in [0.3, 0.4) is 0 Å². The maximum atomic E-state index is 12.4. The Morgan fingerprint density at radius 2 is 1.88 bits per heavy atom. The number of carbonyl (C=O) groups excluding carboxylic acids is 1. The van der Waals surface area contributed by atoms with E-state index in [-0.39, 0.29) is 12.5 Å². The second-order valence-electron chi connectivity index (χ2n) is 6.80. The highest BCUT2D eigenvalue weighted by molar-refractivity contribution is 5.77. The Bertz CT molecular complexity index is 736. The summed E-state index contributed by atoms with van der Waals surface area (Å²) in [5.41, 5.74) is 0. The number of nitrogens with zero attached hydrogens (tertiary/aromatic N) is 2. The summed E-state index contributed by atoms with van der Waals surface area (Å²) in [6.45, 7) is 1.67. The molecule has 2 aliphatic heterocycles. The predicted octanol–water partition coefficient (Wildman–Crippen LogP) is 2.61. The predicted molar refractivity (Wildman–Crippen MR) is 97.4 cm³/mol. The fourth-order valence-corrected chi connectivity index (χ4v) is 3.54. The molecule has 1 aromatic carbocycles. The first kappa shape index (κ1) is 16.8. The van der Waals surface area contributed by atoms with Gasteiger partial charge in [0.1, 0.15) is 11.5 Å². The van der Waals surface area contributed by atoms with E-state index in [4.69, 9.17) is 9.47 Å². The molecule has 2 unspecified atom stereocenters. The van der Waals surface area contributed by atoms with Crippen LogP contribution in [0.5, 0.6) is 17.4 Å². The van der Waals surface area contributed by atoms with Gasteiger partial charge in [0.15, 0.2) is 6.61 Å². The standard InChI is InChI=1S/C20H23N3O3/c24-20(23-12-10-15-4-5-16(13-23)22-15)14-25-17-6-8-18(9-7-17)26-19-3-1-2-11-21-19/h1-3,6-9,11,15-16,22H,4-5,10,12-14H2. The molecule has 2 atom stereocenters. The molecule has 4 rings (SSSR count). The first-order valence-electron chi connectivity index (χ1n) is 9.12. The first-order valence-corrected chi connectivity index (χ1v) is 9.12. The smallest absolute Gasteiger partial charge is 0.260 e. The van der Waals surface area contributed by atoms with Crippen LogP contribution in [-0.2, 0) is 4.79 Å². The number of benzene rings is 1. The number of pyridine rings is 1. The Morgan fingerprint density at radius 3 is 2.69 bits per heavy atom. The fraction of sp³-hybridized carbons (Fsp3) is 0.400. The van der Waals surface area contributed by atoms with E-state index in [2.05, 4.69) is 10.3 Å². The molecule has 1 amide bonds. The van der Waals surface area contributed by atoms with E-state index in [1.165, 1.54) is 6.42 Å². The summed E-state index contributed by atoms with van der Waals surface area (Å²) in [5, 5.41) is 3.58. The summed E-state index contributed by atoms with van der Waals surface area (Å²) in [6, 6.07) is 13.7. The molecule has 1 aromatic heterocycles. The number of carbonyl (C=O) groups is 1. The molecule has 2 bridgehead atoms. The van der Waals surface area contributed by atoms with Crippen molar-refractivity contribution in [1.82, 2.24) is 15.2 Å². The van der Waals surface area contributed by atoms with Gasteiger partial charge in [-0.05, 0) is 49.6 Å². The summed E-state index contributed by atoms with van der Waals surface area (Å²) < 4.78 is 11.3. The molecule has 2 aliphatic rings. The normalized spacial score (nSPS) is 21.9. The Morgan fingerprint density at radius 1 is 1.08 bits per heavy atom. The Hall–Kier alpha value is -2.60. The molecule has 2 fully saturated rings. The van der Waals surface area contributed by atoms with E-state index in [0.717, 1.165) is 25.9 Å². The molecular weight excluding hydrogens is 330 g/mol. The molecule has 0 aliphatic carbocycles. The quantitative estimate of drug-likeness (QED) is 0.895. The highest BCUT2D eigenvalue weighted by Gasteiger charge is 2.31. The SMILES string of the molecule is O=C(COc1ccc(Oc2ccccn2)cc1)N1CCC2CCC(C1)N2. The number of amides is 1. The lowest BCUT2D eigenvalue weighted by Gasteiger charge is -2.24. The fourth-order valence-electron chi connectivity index (χ4n) is 3.54. The third-order valence-corrected chi connectivity index (χ3v) is 4.92. The Kier molecular flexibility index (Phi) is 5.02. The van der Waals surface area contributed by atoms with Crippen LogP contribution in [0.15, 0.2) is 48.7 Å². The van der Waals surface area contributed by atoms with Gasteiger partial charge < -0.3 is 19.7 Å². The van der Waals surface area contributed by atoms with Gasteiger partial charge in [0.25, 0.3) is 5.91 Å². The number of hydrogen-bond acceptors (Lipinski definition) is 5. The van der Waals surface area contributed by atoms with Gasteiger partial charge in [-0.15, -0.1) is 0 Å². The molecule has 6 nitrogen and oxygen atoms in total. The van der Waals surface area contributed by atoms with Crippen molar-refractivity contribution in [1.29, 1.82) is 0 Å². The van der Waals surface area contributed by atoms with Crippen molar-refractivity contribution in [3.05, 3.63) is 48.7 Å². The maximum absolute atomic E-state index is 12.4. The summed E-state index contributed by atoms with van der Waals surface area (Å²) >= 11 is 0. The van der Waals surface area contributed by atoms with E-state index in [1.807, 2.05) is 29.2 Å². The van der Waals surface area contributed by atoms with Gasteiger partial charge in [-0.1, -0.05) is 6.07 Å². The average Bonchev–Trinajstić information content (AvgIpc) is 3.00. The lowest BCUT2D eigenvalue weighted by molar-refractivity contribution is -0.133. The minimum Gasteiger partial charge on any atom is -0.484 e. The number of nitrogens with one attached hydrogen (secondary N) is 1. The monoisotopic (exact) mass is 353 g/mol. The molecule has 2 saturated heterocycles. The molecule has 0 saturated carbocycles. The summed E-state index contributed by atoms with van der Waals surface area (Å²) in [4.78, 5) is 18.5. The average molecular weight is 353 g/mol. The zero-order chi connectivity index (χ0) is 17.8. The van der Waals surface area contributed by atoms with Gasteiger partial charge in [-0.25, -0.2) is 4.98 Å². The summed E-state index contributed by atoms with van der Waals surface area (Å²) in [7, 11) is 0. The van der Waals surface area contributed by atoms with Gasteiger partial charge in [-0.3, -0.25) is 4.79 Å². The van der Waals surface area contributed by atoms with Crippen molar-refractivity contribution in [3.8, 4) is 17.4 Å². The van der Waals surface area contributed by atoms with Crippen molar-refractivity contribution >= 4 is 5.91 Å². The van der Waals surface area contributed by atoms with Gasteiger partial charge in [0, 0.05) is 37.4 Å². The molecule has 0 spiro atoms. The van der Waals surface area contributed by atoms with E-state index < -0.39 is 0 Å². The van der Waals surface area contributed by atoms with Crippen molar-refractivity contribution in [2.75, 3.05) is 19.7 Å². The molecule has 0 radical (unpaired) electrons. The molecule has 26 heavy (non-hydrogen) atoms. The van der Waals surface area contributed by atoms with Gasteiger partial charge in [0.2, 0.25) is 5.88 Å². The molecule has 136 valence electrons. The van der Waals surface area contributed by atoms with E-state index in [0.29, 0.717) is 29.5 Å². The Balaban J connectivity index is 1.28. The molecular formula is C20H23N3O3. The minimum atomic E-state index is 0.0492. The third kappa shape index (κ3) is 4.14. The second kappa shape index (κ2) is 7.74. The highest BCUT2D eigenvalue weighted by atomic mass is 16.5. The van der Waals surface area contributed by atoms with Crippen molar-refractivity contribution in [3.63, 3.8) is 0 Å². The van der Waals surface area contributed by atoms with E-state index in [9.17, 15) is 4.79 Å². The van der Waals surface area contributed by atoms with Crippen LogP contribution in [0, 0.1) is 0 Å². The highest BCUT2D eigenvalue weighted by Crippen LogP contribution is 2.23. The van der Waals surface area contributed by atoms with Crippen LogP contribution >= 0.6 is 0 Å². The molecule has 3 heterocycles. The minimum absolute atomic E-state index is 0.0492. The molecule has 6 heteroatoms. The zero-order valence-corrected chi connectivity index (χ0v) is 14.6. The van der Waals surface area contributed by atoms with E-state index in [1.54, 1.807) is 24.4 Å². The summed E-state index contributed by atoms with van der Waals surface area (Å²) in [5.74, 6) is 1.92. The van der Waals surface area contributed by atoms with Crippen molar-refractivity contribution in [2.24, 2.45) is 0 Å². The zero-order valence-electron chi connectivity index (χ0n) is 14.6. The second-order valence-corrected chi connectivity index (χ2v) is 6.80. The van der Waals surface area contributed by atoms with Crippen LogP contribution in [0.4, 0.5) is 0 Å². The number of ether oxygens (including phenoxy) is 2. The van der Waals surface area contributed by atoms with Crippen LogP contribution < -0.4 is 14.8 Å². The van der Waals surface area contributed by atoms with Crippen LogP contribution in [0.25, 0.3) is 0 Å².